The molecule has 1 aromatic rings. The van der Waals surface area contributed by atoms with Gasteiger partial charge in [-0.1, -0.05) is 52.9 Å². The van der Waals surface area contributed by atoms with Gasteiger partial charge in [-0.3, -0.25) is 9.59 Å². The first-order chi connectivity index (χ1) is 9.65. The monoisotopic (exact) mass is 386 g/mol. The Morgan fingerprint density at radius 2 is 2.05 bits per heavy atom. The molecule has 20 heavy (non-hydrogen) atoms. The SMILES string of the molecule is O=C(OCc1ccccc1)[C@@H]1CC(I)[C@H]2C[C@H]1C(=O)O2. The Hall–Kier alpha value is -1.11. The maximum Gasteiger partial charge on any atom is 0.310 e. The summed E-state index contributed by atoms with van der Waals surface area (Å²) in [6.07, 6.45) is 1.29. The van der Waals surface area contributed by atoms with Crippen molar-refractivity contribution >= 4 is 34.5 Å². The Balaban J connectivity index is 1.63. The molecule has 106 valence electrons. The highest BCUT2D eigenvalue weighted by Crippen LogP contribution is 2.42. The number of esters is 2. The van der Waals surface area contributed by atoms with E-state index in [1.54, 1.807) is 0 Å². The minimum Gasteiger partial charge on any atom is -0.461 e. The fourth-order valence-corrected chi connectivity index (χ4v) is 3.82. The number of halogens is 1. The average Bonchev–Trinajstić information content (AvgIpc) is 2.80. The lowest BCUT2D eigenvalue weighted by Crippen LogP contribution is -2.35. The van der Waals surface area contributed by atoms with E-state index in [4.69, 9.17) is 9.47 Å². The Bertz CT molecular complexity index is 516. The Labute approximate surface area is 131 Å². The van der Waals surface area contributed by atoms with Gasteiger partial charge in [-0.05, 0) is 18.4 Å². The van der Waals surface area contributed by atoms with Crippen LogP contribution in [0.5, 0.6) is 0 Å². The molecular formula is C15H15IO4. The van der Waals surface area contributed by atoms with E-state index in [0.29, 0.717) is 12.8 Å². The number of hydrogen-bond donors (Lipinski definition) is 0. The molecule has 2 aliphatic rings. The molecule has 4 atom stereocenters. The van der Waals surface area contributed by atoms with E-state index >= 15 is 0 Å². The van der Waals surface area contributed by atoms with E-state index in [9.17, 15) is 9.59 Å². The maximum absolute atomic E-state index is 12.2. The lowest BCUT2D eigenvalue weighted by atomic mass is 9.80. The van der Waals surface area contributed by atoms with Crippen molar-refractivity contribution < 1.29 is 19.1 Å². The average molecular weight is 386 g/mol. The molecule has 4 nitrogen and oxygen atoms in total. The second kappa shape index (κ2) is 5.71. The minimum atomic E-state index is -0.355. The third-order valence-electron chi connectivity index (χ3n) is 3.95. The van der Waals surface area contributed by atoms with Gasteiger partial charge in [0, 0.05) is 3.92 Å². The molecule has 0 radical (unpaired) electrons. The van der Waals surface area contributed by atoms with Crippen LogP contribution in [0.4, 0.5) is 0 Å². The van der Waals surface area contributed by atoms with Crippen molar-refractivity contribution in [1.82, 2.24) is 0 Å². The number of ether oxygens (including phenoxy) is 2. The van der Waals surface area contributed by atoms with Crippen molar-refractivity contribution in [2.45, 2.75) is 29.5 Å². The van der Waals surface area contributed by atoms with Crippen molar-refractivity contribution in [2.75, 3.05) is 0 Å². The van der Waals surface area contributed by atoms with Crippen LogP contribution in [0.1, 0.15) is 18.4 Å². The number of rotatable bonds is 3. The van der Waals surface area contributed by atoms with Gasteiger partial charge < -0.3 is 9.47 Å². The fraction of sp³-hybridized carbons (Fsp3) is 0.467. The number of hydrogen-bond acceptors (Lipinski definition) is 4. The quantitative estimate of drug-likeness (QED) is 0.455. The summed E-state index contributed by atoms with van der Waals surface area (Å²) < 4.78 is 10.8. The van der Waals surface area contributed by atoms with Gasteiger partial charge in [0.05, 0.1) is 11.8 Å². The van der Waals surface area contributed by atoms with Crippen molar-refractivity contribution in [3.63, 3.8) is 0 Å². The van der Waals surface area contributed by atoms with Gasteiger partial charge in [0.1, 0.15) is 12.7 Å². The van der Waals surface area contributed by atoms with Crippen LogP contribution >= 0.6 is 22.6 Å². The second-order valence-electron chi connectivity index (χ2n) is 5.27. The molecule has 2 bridgehead atoms. The minimum absolute atomic E-state index is 0.0220. The molecule has 0 aromatic heterocycles. The van der Waals surface area contributed by atoms with Crippen molar-refractivity contribution in [1.29, 1.82) is 0 Å². The van der Waals surface area contributed by atoms with Gasteiger partial charge in [0.25, 0.3) is 0 Å². The molecule has 1 saturated carbocycles. The van der Waals surface area contributed by atoms with E-state index in [1.165, 1.54) is 0 Å². The topological polar surface area (TPSA) is 52.6 Å². The first-order valence-corrected chi connectivity index (χ1v) is 7.95. The molecule has 1 saturated heterocycles. The molecular weight excluding hydrogens is 371 g/mol. The number of carbonyl (C=O) groups is 2. The van der Waals surface area contributed by atoms with E-state index in [-0.39, 0.29) is 40.4 Å². The summed E-state index contributed by atoms with van der Waals surface area (Å²) in [6, 6.07) is 9.55. The predicted octanol–water partition coefficient (Wildman–Crippen LogP) is 2.49. The Morgan fingerprint density at radius 3 is 2.80 bits per heavy atom. The number of benzene rings is 1. The zero-order valence-electron chi connectivity index (χ0n) is 10.8. The highest BCUT2D eigenvalue weighted by atomic mass is 127. The van der Waals surface area contributed by atoms with Crippen molar-refractivity contribution in [3.05, 3.63) is 35.9 Å². The lowest BCUT2D eigenvalue weighted by Gasteiger charge is -2.27. The Kier molecular flexibility index (Phi) is 3.96. The summed E-state index contributed by atoms with van der Waals surface area (Å²) in [5, 5.41) is 0. The van der Waals surface area contributed by atoms with Crippen LogP contribution in [-0.4, -0.2) is 22.0 Å². The van der Waals surface area contributed by atoms with Crippen LogP contribution in [0.25, 0.3) is 0 Å². The van der Waals surface area contributed by atoms with Crippen LogP contribution in [0.15, 0.2) is 30.3 Å². The van der Waals surface area contributed by atoms with Gasteiger partial charge in [-0.25, -0.2) is 0 Å². The van der Waals surface area contributed by atoms with Gasteiger partial charge in [-0.2, -0.15) is 0 Å². The highest BCUT2D eigenvalue weighted by molar-refractivity contribution is 14.1. The summed E-state index contributed by atoms with van der Waals surface area (Å²) in [5.74, 6) is -1.19. The molecule has 1 aliphatic heterocycles. The fourth-order valence-electron chi connectivity index (χ4n) is 2.84. The Morgan fingerprint density at radius 1 is 1.30 bits per heavy atom. The molecule has 0 amide bonds. The van der Waals surface area contributed by atoms with E-state index in [0.717, 1.165) is 5.56 Å². The molecule has 0 N–H and O–H groups in total. The molecule has 1 heterocycles. The molecule has 0 spiro atoms. The summed E-state index contributed by atoms with van der Waals surface area (Å²) in [5.41, 5.74) is 0.953. The lowest BCUT2D eigenvalue weighted by molar-refractivity contribution is -0.156. The van der Waals surface area contributed by atoms with Gasteiger partial charge in [0.15, 0.2) is 0 Å². The van der Waals surface area contributed by atoms with Crippen LogP contribution in [-0.2, 0) is 25.7 Å². The number of carbonyl (C=O) groups excluding carboxylic acids is 2. The molecule has 1 aromatic carbocycles. The van der Waals surface area contributed by atoms with Crippen LogP contribution in [0.2, 0.25) is 0 Å². The van der Waals surface area contributed by atoms with Crippen LogP contribution in [0.3, 0.4) is 0 Å². The first-order valence-electron chi connectivity index (χ1n) is 6.70. The standard InChI is InChI=1S/C15H15IO4/c16-12-6-10(11-7-13(12)20-15(11)18)14(17)19-8-9-4-2-1-3-5-9/h1-5,10-13H,6-8H2/t10-,11-,12?,13-/m1/s1. The summed E-state index contributed by atoms with van der Waals surface area (Å²) in [7, 11) is 0. The molecule has 5 heteroatoms. The third-order valence-corrected chi connectivity index (χ3v) is 5.26. The molecule has 2 fully saturated rings. The van der Waals surface area contributed by atoms with Gasteiger partial charge in [-0.15, -0.1) is 0 Å². The smallest absolute Gasteiger partial charge is 0.310 e. The van der Waals surface area contributed by atoms with Crippen LogP contribution in [0, 0.1) is 11.8 Å². The predicted molar refractivity (Wildman–Crippen MR) is 80.1 cm³/mol. The van der Waals surface area contributed by atoms with E-state index in [2.05, 4.69) is 22.6 Å². The van der Waals surface area contributed by atoms with Gasteiger partial charge in [0.2, 0.25) is 0 Å². The second-order valence-corrected chi connectivity index (χ2v) is 6.87. The van der Waals surface area contributed by atoms with Crippen molar-refractivity contribution in [2.24, 2.45) is 11.8 Å². The zero-order valence-corrected chi connectivity index (χ0v) is 13.0. The number of fused-ring (bicyclic) bond motifs is 2. The summed E-state index contributed by atoms with van der Waals surface area (Å²) >= 11 is 2.26. The zero-order chi connectivity index (χ0) is 14.1. The normalized spacial score (nSPS) is 31.8. The van der Waals surface area contributed by atoms with Crippen LogP contribution < -0.4 is 0 Å². The van der Waals surface area contributed by atoms with Gasteiger partial charge >= 0.3 is 11.9 Å². The van der Waals surface area contributed by atoms with E-state index < -0.39 is 0 Å². The third kappa shape index (κ3) is 2.68. The number of alkyl halides is 1. The first kappa shape index (κ1) is 13.9. The molecule has 3 rings (SSSR count). The highest BCUT2D eigenvalue weighted by Gasteiger charge is 2.51. The molecule has 1 unspecified atom stereocenters. The summed E-state index contributed by atoms with van der Waals surface area (Å²) in [6.45, 7) is 0.257. The summed E-state index contributed by atoms with van der Waals surface area (Å²) in [4.78, 5) is 24.0. The molecule has 1 aliphatic carbocycles. The largest absolute Gasteiger partial charge is 0.461 e. The maximum atomic E-state index is 12.2. The van der Waals surface area contributed by atoms with E-state index in [1.807, 2.05) is 30.3 Å². The van der Waals surface area contributed by atoms with Crippen molar-refractivity contribution in [3.8, 4) is 0 Å².